The number of halogens is 2. The summed E-state index contributed by atoms with van der Waals surface area (Å²) in [6.07, 6.45) is 0. The highest BCUT2D eigenvalue weighted by molar-refractivity contribution is 6.35. The van der Waals surface area contributed by atoms with Crippen LogP contribution in [0.1, 0.15) is 6.92 Å². The number of urea groups is 1. The number of anilines is 1. The van der Waals surface area contributed by atoms with E-state index in [4.69, 9.17) is 23.2 Å². The Labute approximate surface area is 97.4 Å². The number of nitrogens with zero attached hydrogens (tertiary/aromatic N) is 1. The molecule has 0 fully saturated rings. The van der Waals surface area contributed by atoms with Crippen molar-refractivity contribution >= 4 is 34.9 Å². The fraction of sp³-hybridized carbons (Fsp3) is 0.222. The molecular formula is C9H10Cl2N2O2. The Balaban J connectivity index is 2.94. The SMILES string of the molecule is CCNC(=O)N(O)c1cc(Cl)ccc1Cl. The van der Waals surface area contributed by atoms with Gasteiger partial charge in [0.25, 0.3) is 0 Å². The summed E-state index contributed by atoms with van der Waals surface area (Å²) in [5, 5.41) is 13.0. The molecule has 0 unspecified atom stereocenters. The Morgan fingerprint density at radius 2 is 2.20 bits per heavy atom. The third kappa shape index (κ3) is 2.99. The highest BCUT2D eigenvalue weighted by atomic mass is 35.5. The molecule has 1 aromatic rings. The minimum atomic E-state index is -0.651. The van der Waals surface area contributed by atoms with Crippen molar-refractivity contribution in [2.45, 2.75) is 6.92 Å². The summed E-state index contributed by atoms with van der Waals surface area (Å²) in [6.45, 7) is 2.15. The second-order valence-electron chi connectivity index (χ2n) is 2.74. The first-order valence-corrected chi connectivity index (χ1v) is 5.03. The van der Waals surface area contributed by atoms with Gasteiger partial charge in [-0.2, -0.15) is 5.06 Å². The number of hydroxylamine groups is 1. The van der Waals surface area contributed by atoms with E-state index < -0.39 is 6.03 Å². The summed E-state index contributed by atoms with van der Waals surface area (Å²) in [5.41, 5.74) is 0.148. The molecule has 2 N–H and O–H groups in total. The van der Waals surface area contributed by atoms with E-state index in [0.29, 0.717) is 16.6 Å². The summed E-state index contributed by atoms with van der Waals surface area (Å²) in [5.74, 6) is 0. The van der Waals surface area contributed by atoms with Crippen LogP contribution in [0.4, 0.5) is 10.5 Å². The van der Waals surface area contributed by atoms with Gasteiger partial charge in [0.05, 0.1) is 10.7 Å². The second-order valence-corrected chi connectivity index (χ2v) is 3.59. The van der Waals surface area contributed by atoms with Crippen LogP contribution in [0.3, 0.4) is 0 Å². The Morgan fingerprint density at radius 1 is 1.53 bits per heavy atom. The number of nitrogens with one attached hydrogen (secondary N) is 1. The van der Waals surface area contributed by atoms with Crippen molar-refractivity contribution < 1.29 is 10.0 Å². The van der Waals surface area contributed by atoms with Crippen molar-refractivity contribution in [3.8, 4) is 0 Å². The lowest BCUT2D eigenvalue weighted by atomic mass is 10.3. The summed E-state index contributed by atoms with van der Waals surface area (Å²) < 4.78 is 0. The van der Waals surface area contributed by atoms with Crippen molar-refractivity contribution in [1.29, 1.82) is 0 Å². The summed E-state index contributed by atoms with van der Waals surface area (Å²) >= 11 is 11.5. The quantitative estimate of drug-likeness (QED) is 0.625. The molecule has 2 amide bonds. The Hall–Kier alpha value is -0.970. The Bertz CT molecular complexity index is 371. The molecule has 0 aliphatic heterocycles. The van der Waals surface area contributed by atoms with Gasteiger partial charge in [-0.1, -0.05) is 23.2 Å². The zero-order valence-corrected chi connectivity index (χ0v) is 9.51. The predicted octanol–water partition coefficient (Wildman–Crippen LogP) is 2.92. The lowest BCUT2D eigenvalue weighted by molar-refractivity contribution is 0.205. The number of hydrogen-bond acceptors (Lipinski definition) is 2. The molecule has 0 aliphatic carbocycles. The molecule has 0 saturated heterocycles. The van der Waals surface area contributed by atoms with Crippen LogP contribution in [0.25, 0.3) is 0 Å². The standard InChI is InChI=1S/C9H10Cl2N2O2/c1-2-12-9(14)13(15)8-5-6(10)3-4-7(8)11/h3-5,15H,2H2,1H3,(H,12,14). The lowest BCUT2D eigenvalue weighted by Crippen LogP contribution is -2.37. The van der Waals surface area contributed by atoms with Gasteiger partial charge in [0.2, 0.25) is 0 Å². The Kier molecular flexibility index (Phi) is 4.20. The summed E-state index contributed by atoms with van der Waals surface area (Å²) in [6, 6.07) is 3.82. The molecule has 0 bridgehead atoms. The molecule has 4 nitrogen and oxygen atoms in total. The maximum atomic E-state index is 11.3. The zero-order valence-electron chi connectivity index (χ0n) is 8.00. The van der Waals surface area contributed by atoms with Gasteiger partial charge < -0.3 is 5.32 Å². The zero-order chi connectivity index (χ0) is 11.4. The minimum Gasteiger partial charge on any atom is -0.336 e. The molecule has 6 heteroatoms. The Morgan fingerprint density at radius 3 is 2.80 bits per heavy atom. The number of rotatable bonds is 2. The van der Waals surface area contributed by atoms with Crippen molar-refractivity contribution in [1.82, 2.24) is 5.32 Å². The first-order valence-electron chi connectivity index (χ1n) is 4.28. The molecule has 0 aromatic heterocycles. The third-order valence-corrected chi connectivity index (χ3v) is 2.21. The number of benzene rings is 1. The van der Waals surface area contributed by atoms with Crippen LogP contribution < -0.4 is 10.4 Å². The molecular weight excluding hydrogens is 239 g/mol. The highest BCUT2D eigenvalue weighted by Gasteiger charge is 2.15. The van der Waals surface area contributed by atoms with Gasteiger partial charge in [0.15, 0.2) is 0 Å². The predicted molar refractivity (Wildman–Crippen MR) is 59.8 cm³/mol. The van der Waals surface area contributed by atoms with E-state index in [9.17, 15) is 10.0 Å². The van der Waals surface area contributed by atoms with Crippen LogP contribution in [-0.2, 0) is 0 Å². The number of carbonyl (C=O) groups is 1. The third-order valence-electron chi connectivity index (χ3n) is 1.66. The van der Waals surface area contributed by atoms with Gasteiger partial charge in [0, 0.05) is 11.6 Å². The van der Waals surface area contributed by atoms with E-state index in [0.717, 1.165) is 0 Å². The second kappa shape index (κ2) is 5.21. The van der Waals surface area contributed by atoms with Gasteiger partial charge in [-0.3, -0.25) is 5.21 Å². The van der Waals surface area contributed by atoms with E-state index in [1.807, 2.05) is 0 Å². The van der Waals surface area contributed by atoms with E-state index in [1.54, 1.807) is 13.0 Å². The topological polar surface area (TPSA) is 52.6 Å². The monoisotopic (exact) mass is 248 g/mol. The molecule has 0 heterocycles. The molecule has 0 saturated carbocycles. The average Bonchev–Trinajstić information content (AvgIpc) is 2.21. The van der Waals surface area contributed by atoms with Gasteiger partial charge in [-0.25, -0.2) is 4.79 Å². The first-order chi connectivity index (χ1) is 7.06. The number of amides is 2. The van der Waals surface area contributed by atoms with E-state index >= 15 is 0 Å². The fourth-order valence-corrected chi connectivity index (χ4v) is 1.35. The van der Waals surface area contributed by atoms with Crippen molar-refractivity contribution in [3.63, 3.8) is 0 Å². The number of hydrogen-bond donors (Lipinski definition) is 2. The van der Waals surface area contributed by atoms with Gasteiger partial charge in [-0.05, 0) is 25.1 Å². The summed E-state index contributed by atoms with van der Waals surface area (Å²) in [7, 11) is 0. The highest BCUT2D eigenvalue weighted by Crippen LogP contribution is 2.27. The lowest BCUT2D eigenvalue weighted by Gasteiger charge is -2.16. The van der Waals surface area contributed by atoms with E-state index in [2.05, 4.69) is 5.32 Å². The van der Waals surface area contributed by atoms with Crippen molar-refractivity contribution in [2.75, 3.05) is 11.6 Å². The average molecular weight is 249 g/mol. The number of carbonyl (C=O) groups excluding carboxylic acids is 1. The van der Waals surface area contributed by atoms with Gasteiger partial charge in [-0.15, -0.1) is 0 Å². The van der Waals surface area contributed by atoms with Crippen LogP contribution in [0.5, 0.6) is 0 Å². The van der Waals surface area contributed by atoms with Crippen LogP contribution >= 0.6 is 23.2 Å². The van der Waals surface area contributed by atoms with Crippen LogP contribution in [0.15, 0.2) is 18.2 Å². The van der Waals surface area contributed by atoms with Gasteiger partial charge in [0.1, 0.15) is 0 Å². The molecule has 0 spiro atoms. The molecule has 1 rings (SSSR count). The van der Waals surface area contributed by atoms with E-state index in [-0.39, 0.29) is 10.7 Å². The molecule has 1 aromatic carbocycles. The molecule has 0 atom stereocenters. The van der Waals surface area contributed by atoms with Crippen LogP contribution in [0, 0.1) is 0 Å². The molecule has 0 radical (unpaired) electrons. The first kappa shape index (κ1) is 12.1. The minimum absolute atomic E-state index is 0.148. The van der Waals surface area contributed by atoms with Crippen molar-refractivity contribution in [2.24, 2.45) is 0 Å². The van der Waals surface area contributed by atoms with E-state index in [1.165, 1.54) is 12.1 Å². The maximum Gasteiger partial charge on any atom is 0.345 e. The maximum absolute atomic E-state index is 11.3. The molecule has 0 aliphatic rings. The molecule has 82 valence electrons. The molecule has 15 heavy (non-hydrogen) atoms. The van der Waals surface area contributed by atoms with Crippen molar-refractivity contribution in [3.05, 3.63) is 28.2 Å². The summed E-state index contributed by atoms with van der Waals surface area (Å²) in [4.78, 5) is 11.3. The fourth-order valence-electron chi connectivity index (χ4n) is 0.984. The van der Waals surface area contributed by atoms with Crippen LogP contribution in [0.2, 0.25) is 10.0 Å². The smallest absolute Gasteiger partial charge is 0.336 e. The largest absolute Gasteiger partial charge is 0.345 e. The normalized spacial score (nSPS) is 9.87. The van der Waals surface area contributed by atoms with Gasteiger partial charge >= 0.3 is 6.03 Å². The van der Waals surface area contributed by atoms with Crippen LogP contribution in [-0.4, -0.2) is 17.8 Å².